The maximum atomic E-state index is 11.5. The molecular weight excluding hydrogens is 290 g/mol. The molecule has 1 heterocycles. The number of nitrogens with one attached hydrogen (secondary N) is 1. The number of halogens is 1. The minimum absolute atomic E-state index is 0.162. The largest absolute Gasteiger partial charge is 0.413 e. The van der Waals surface area contributed by atoms with Crippen molar-refractivity contribution in [3.63, 3.8) is 0 Å². The number of hydrogen-bond acceptors (Lipinski definition) is 3. The number of aromatic nitrogens is 2. The van der Waals surface area contributed by atoms with Crippen molar-refractivity contribution in [1.82, 2.24) is 15.1 Å². The van der Waals surface area contributed by atoms with Crippen molar-refractivity contribution in [3.8, 4) is 11.6 Å². The molecule has 2 rings (SSSR count). The summed E-state index contributed by atoms with van der Waals surface area (Å²) in [6, 6.07) is 8.97. The van der Waals surface area contributed by atoms with E-state index in [0.29, 0.717) is 10.9 Å². The first kappa shape index (κ1) is 15.4. The van der Waals surface area contributed by atoms with Crippen LogP contribution in [0.5, 0.6) is 5.88 Å². The molecule has 0 fully saturated rings. The number of hydrogen-bond donors (Lipinski definition) is 1. The average molecular weight is 308 g/mol. The van der Waals surface area contributed by atoms with Gasteiger partial charge in [-0.25, -0.2) is 9.48 Å². The average Bonchev–Trinajstić information content (AvgIpc) is 2.82. The van der Waals surface area contributed by atoms with Gasteiger partial charge in [-0.2, -0.15) is 5.10 Å². The van der Waals surface area contributed by atoms with Gasteiger partial charge >= 0.3 is 6.09 Å². The quantitative estimate of drug-likeness (QED) is 0.923. The zero-order valence-corrected chi connectivity index (χ0v) is 13.2. The zero-order chi connectivity index (χ0) is 15.6. The number of ether oxygens (including phenoxy) is 1. The fourth-order valence-corrected chi connectivity index (χ4v) is 1.93. The highest BCUT2D eigenvalue weighted by Crippen LogP contribution is 2.28. The Morgan fingerprint density at radius 3 is 2.62 bits per heavy atom. The Balaban J connectivity index is 2.51. The minimum atomic E-state index is -0.543. The highest BCUT2D eigenvalue weighted by molar-refractivity contribution is 6.30. The maximum absolute atomic E-state index is 11.5. The van der Waals surface area contributed by atoms with E-state index in [-0.39, 0.29) is 5.41 Å². The molecule has 0 atom stereocenters. The van der Waals surface area contributed by atoms with Gasteiger partial charge in [0, 0.05) is 23.6 Å². The summed E-state index contributed by atoms with van der Waals surface area (Å²) in [5, 5.41) is 7.55. The van der Waals surface area contributed by atoms with Crippen molar-refractivity contribution in [1.29, 1.82) is 0 Å². The van der Waals surface area contributed by atoms with E-state index in [2.05, 4.69) is 10.4 Å². The van der Waals surface area contributed by atoms with E-state index in [0.717, 1.165) is 11.4 Å². The molecule has 0 saturated carbocycles. The van der Waals surface area contributed by atoms with Gasteiger partial charge in [0.15, 0.2) is 0 Å². The first-order chi connectivity index (χ1) is 9.81. The maximum Gasteiger partial charge on any atom is 0.413 e. The number of rotatable bonds is 2. The van der Waals surface area contributed by atoms with Crippen molar-refractivity contribution in [2.75, 3.05) is 7.05 Å². The Labute approximate surface area is 128 Å². The highest BCUT2D eigenvalue weighted by atomic mass is 35.5. The first-order valence-electron chi connectivity index (χ1n) is 6.57. The predicted octanol–water partition coefficient (Wildman–Crippen LogP) is 3.54. The molecule has 21 heavy (non-hydrogen) atoms. The lowest BCUT2D eigenvalue weighted by Crippen LogP contribution is -2.23. The molecule has 0 aliphatic rings. The van der Waals surface area contributed by atoms with Gasteiger partial charge < -0.3 is 10.1 Å². The fraction of sp³-hybridized carbons (Fsp3) is 0.333. The SMILES string of the molecule is CNC(=O)Oc1cc(C(C)(C)C)nn1-c1cccc(Cl)c1. The fourth-order valence-electron chi connectivity index (χ4n) is 1.74. The van der Waals surface area contributed by atoms with Gasteiger partial charge in [0.1, 0.15) is 0 Å². The molecule has 6 heteroatoms. The van der Waals surface area contributed by atoms with Crippen molar-refractivity contribution in [2.24, 2.45) is 0 Å². The summed E-state index contributed by atoms with van der Waals surface area (Å²) >= 11 is 6.02. The van der Waals surface area contributed by atoms with Gasteiger partial charge in [-0.05, 0) is 18.2 Å². The van der Waals surface area contributed by atoms with Crippen LogP contribution in [0.15, 0.2) is 30.3 Å². The Bertz CT molecular complexity index is 659. The summed E-state index contributed by atoms with van der Waals surface area (Å²) in [5.74, 6) is 0.349. The van der Waals surface area contributed by atoms with Gasteiger partial charge in [-0.15, -0.1) is 0 Å². The summed E-state index contributed by atoms with van der Waals surface area (Å²) in [6.07, 6.45) is -0.543. The van der Waals surface area contributed by atoms with E-state index in [4.69, 9.17) is 16.3 Å². The second kappa shape index (κ2) is 5.77. The molecule has 0 spiro atoms. The number of nitrogens with zero attached hydrogens (tertiary/aromatic N) is 2. The molecule has 1 aromatic heterocycles. The van der Waals surface area contributed by atoms with Crippen LogP contribution >= 0.6 is 11.6 Å². The number of amides is 1. The Morgan fingerprint density at radius 1 is 1.33 bits per heavy atom. The third-order valence-electron chi connectivity index (χ3n) is 2.90. The number of carbonyl (C=O) groups excluding carboxylic acids is 1. The van der Waals surface area contributed by atoms with Crippen molar-refractivity contribution in [3.05, 3.63) is 41.0 Å². The number of benzene rings is 1. The lowest BCUT2D eigenvalue weighted by Gasteiger charge is -2.13. The standard InChI is InChI=1S/C15H18ClN3O2/c1-15(2,3)12-9-13(21-14(20)17-4)19(18-12)11-7-5-6-10(16)8-11/h5-9H,1-4H3,(H,17,20). The van der Waals surface area contributed by atoms with Gasteiger partial charge in [0.25, 0.3) is 0 Å². The molecular formula is C15H18ClN3O2. The summed E-state index contributed by atoms with van der Waals surface area (Å²) in [7, 11) is 1.51. The van der Waals surface area contributed by atoms with Crippen LogP contribution < -0.4 is 10.1 Å². The third kappa shape index (κ3) is 3.55. The van der Waals surface area contributed by atoms with Crippen LogP contribution in [0.25, 0.3) is 5.69 Å². The predicted molar refractivity (Wildman–Crippen MR) is 82.4 cm³/mol. The molecule has 2 aromatic rings. The topological polar surface area (TPSA) is 56.1 Å². The summed E-state index contributed by atoms with van der Waals surface area (Å²) < 4.78 is 6.84. The molecule has 5 nitrogen and oxygen atoms in total. The van der Waals surface area contributed by atoms with E-state index in [1.54, 1.807) is 22.9 Å². The lowest BCUT2D eigenvalue weighted by molar-refractivity contribution is 0.199. The molecule has 0 aliphatic heterocycles. The van der Waals surface area contributed by atoms with Gasteiger partial charge in [0.05, 0.1) is 11.4 Å². The molecule has 1 amide bonds. The van der Waals surface area contributed by atoms with Crippen LogP contribution in [0, 0.1) is 0 Å². The van der Waals surface area contributed by atoms with Crippen LogP contribution in [0.1, 0.15) is 26.5 Å². The molecule has 1 N–H and O–H groups in total. The smallest absolute Gasteiger partial charge is 0.391 e. The molecule has 1 aromatic carbocycles. The Hall–Kier alpha value is -2.01. The Morgan fingerprint density at radius 2 is 2.05 bits per heavy atom. The van der Waals surface area contributed by atoms with Gasteiger partial charge in [0.2, 0.25) is 5.88 Å². The number of carbonyl (C=O) groups is 1. The van der Waals surface area contributed by atoms with E-state index < -0.39 is 6.09 Å². The second-order valence-corrected chi connectivity index (χ2v) is 6.09. The van der Waals surface area contributed by atoms with E-state index in [1.165, 1.54) is 7.05 Å². The van der Waals surface area contributed by atoms with Gasteiger partial charge in [-0.1, -0.05) is 38.4 Å². The molecule has 0 radical (unpaired) electrons. The Kier molecular flexibility index (Phi) is 4.23. The molecule has 0 saturated heterocycles. The third-order valence-corrected chi connectivity index (χ3v) is 3.13. The van der Waals surface area contributed by atoms with Crippen molar-refractivity contribution >= 4 is 17.7 Å². The zero-order valence-electron chi connectivity index (χ0n) is 12.5. The van der Waals surface area contributed by atoms with Crippen LogP contribution in [-0.4, -0.2) is 22.9 Å². The summed E-state index contributed by atoms with van der Waals surface area (Å²) in [5.41, 5.74) is 1.39. The van der Waals surface area contributed by atoms with E-state index in [1.807, 2.05) is 32.9 Å². The van der Waals surface area contributed by atoms with Crippen molar-refractivity contribution < 1.29 is 9.53 Å². The van der Waals surface area contributed by atoms with Crippen LogP contribution in [0.4, 0.5) is 4.79 Å². The minimum Gasteiger partial charge on any atom is -0.391 e. The van der Waals surface area contributed by atoms with Crippen LogP contribution in [0.3, 0.4) is 0 Å². The van der Waals surface area contributed by atoms with E-state index >= 15 is 0 Å². The highest BCUT2D eigenvalue weighted by Gasteiger charge is 2.22. The second-order valence-electron chi connectivity index (χ2n) is 5.65. The molecule has 0 bridgehead atoms. The molecule has 112 valence electrons. The monoisotopic (exact) mass is 307 g/mol. The summed E-state index contributed by atoms with van der Waals surface area (Å²) in [6.45, 7) is 6.13. The van der Waals surface area contributed by atoms with Crippen LogP contribution in [0.2, 0.25) is 5.02 Å². The molecule has 0 aliphatic carbocycles. The van der Waals surface area contributed by atoms with Gasteiger partial charge in [-0.3, -0.25) is 0 Å². The summed E-state index contributed by atoms with van der Waals surface area (Å²) in [4.78, 5) is 11.5. The lowest BCUT2D eigenvalue weighted by atomic mass is 9.93. The molecule has 0 unspecified atom stereocenters. The first-order valence-corrected chi connectivity index (χ1v) is 6.95. The normalized spacial score (nSPS) is 11.3. The van der Waals surface area contributed by atoms with Crippen LogP contribution in [-0.2, 0) is 5.41 Å². The van der Waals surface area contributed by atoms with E-state index in [9.17, 15) is 4.79 Å². The van der Waals surface area contributed by atoms with Crippen molar-refractivity contribution in [2.45, 2.75) is 26.2 Å².